The molecule has 0 aromatic heterocycles. The molecule has 1 rings (SSSR count). The van der Waals surface area contributed by atoms with Crippen LogP contribution in [0.4, 0.5) is 0 Å². The standard InChI is InChI=1S/C13H26O4Si/c1-3-17-18-9-5-8-16-12(15)13(2)7-4-6-11(14)10-13/h11,14H,3-10,18H2,1-2H3. The molecule has 106 valence electrons. The van der Waals surface area contributed by atoms with Gasteiger partial charge in [-0.05, 0) is 52.0 Å². The second-order valence-corrected chi connectivity index (χ2v) is 6.87. The molecule has 0 aromatic rings. The number of esters is 1. The van der Waals surface area contributed by atoms with E-state index < -0.39 is 15.2 Å². The molecule has 0 saturated heterocycles. The zero-order chi connectivity index (χ0) is 13.4. The summed E-state index contributed by atoms with van der Waals surface area (Å²) in [6, 6.07) is 1.06. The second-order valence-electron chi connectivity index (χ2n) is 5.35. The third-order valence-corrected chi connectivity index (χ3v) is 5.05. The number of rotatable bonds is 7. The van der Waals surface area contributed by atoms with Crippen LogP contribution in [0, 0.1) is 5.41 Å². The van der Waals surface area contributed by atoms with Crippen LogP contribution in [0.3, 0.4) is 0 Å². The molecule has 1 N–H and O–H groups in total. The second kappa shape index (κ2) is 7.91. The van der Waals surface area contributed by atoms with Crippen molar-refractivity contribution in [2.24, 2.45) is 5.41 Å². The zero-order valence-electron chi connectivity index (χ0n) is 11.6. The van der Waals surface area contributed by atoms with Crippen molar-refractivity contribution in [1.29, 1.82) is 0 Å². The molecule has 0 bridgehead atoms. The lowest BCUT2D eigenvalue weighted by Gasteiger charge is -2.33. The van der Waals surface area contributed by atoms with E-state index in [9.17, 15) is 9.90 Å². The predicted molar refractivity (Wildman–Crippen MR) is 73.1 cm³/mol. The van der Waals surface area contributed by atoms with Crippen molar-refractivity contribution in [3.63, 3.8) is 0 Å². The summed E-state index contributed by atoms with van der Waals surface area (Å²) in [6.45, 7) is 5.20. The van der Waals surface area contributed by atoms with Crippen molar-refractivity contribution in [1.82, 2.24) is 0 Å². The smallest absolute Gasteiger partial charge is 0.311 e. The van der Waals surface area contributed by atoms with Gasteiger partial charge in [-0.1, -0.05) is 0 Å². The Morgan fingerprint density at radius 2 is 2.33 bits per heavy atom. The largest absolute Gasteiger partial charge is 0.465 e. The summed E-state index contributed by atoms with van der Waals surface area (Å²) in [5, 5.41) is 9.64. The number of carbonyl (C=O) groups excluding carboxylic acids is 1. The fraction of sp³-hybridized carbons (Fsp3) is 0.923. The van der Waals surface area contributed by atoms with Crippen molar-refractivity contribution < 1.29 is 19.1 Å². The maximum absolute atomic E-state index is 12.0. The molecule has 1 fully saturated rings. The highest BCUT2D eigenvalue weighted by molar-refractivity contribution is 6.26. The summed E-state index contributed by atoms with van der Waals surface area (Å²) >= 11 is 0. The van der Waals surface area contributed by atoms with Gasteiger partial charge >= 0.3 is 5.97 Å². The van der Waals surface area contributed by atoms with E-state index in [0.29, 0.717) is 13.0 Å². The lowest BCUT2D eigenvalue weighted by Crippen LogP contribution is -2.37. The van der Waals surface area contributed by atoms with Crippen LogP contribution in [0.15, 0.2) is 0 Å². The molecule has 2 atom stereocenters. The van der Waals surface area contributed by atoms with Crippen molar-refractivity contribution in [2.45, 2.75) is 58.1 Å². The van der Waals surface area contributed by atoms with Gasteiger partial charge in [0, 0.05) is 6.61 Å². The van der Waals surface area contributed by atoms with Crippen LogP contribution < -0.4 is 0 Å². The molecule has 18 heavy (non-hydrogen) atoms. The molecule has 1 aliphatic rings. The number of aliphatic hydroxyl groups is 1. The van der Waals surface area contributed by atoms with Gasteiger partial charge in [-0.2, -0.15) is 0 Å². The third-order valence-electron chi connectivity index (χ3n) is 3.57. The van der Waals surface area contributed by atoms with Crippen LogP contribution in [0.1, 0.15) is 46.0 Å². The van der Waals surface area contributed by atoms with Gasteiger partial charge in [0.05, 0.1) is 18.1 Å². The maximum Gasteiger partial charge on any atom is 0.311 e. The molecular weight excluding hydrogens is 248 g/mol. The van der Waals surface area contributed by atoms with Gasteiger partial charge in [0.1, 0.15) is 0 Å². The Kier molecular flexibility index (Phi) is 6.89. The van der Waals surface area contributed by atoms with E-state index in [4.69, 9.17) is 9.16 Å². The molecule has 4 nitrogen and oxygen atoms in total. The molecule has 2 unspecified atom stereocenters. The average molecular weight is 274 g/mol. The Hall–Kier alpha value is -0.393. The van der Waals surface area contributed by atoms with Gasteiger partial charge < -0.3 is 14.3 Å². The molecule has 0 radical (unpaired) electrons. The van der Waals surface area contributed by atoms with Crippen LogP contribution in [-0.2, 0) is 14.0 Å². The Labute approximate surface area is 112 Å². The summed E-state index contributed by atoms with van der Waals surface area (Å²) in [5.41, 5.74) is -0.477. The number of aliphatic hydroxyl groups excluding tert-OH is 1. The van der Waals surface area contributed by atoms with Crippen molar-refractivity contribution in [3.8, 4) is 0 Å². The molecule has 1 aliphatic carbocycles. The predicted octanol–water partition coefficient (Wildman–Crippen LogP) is 1.40. The van der Waals surface area contributed by atoms with E-state index in [0.717, 1.165) is 38.3 Å². The Morgan fingerprint density at radius 3 is 3.00 bits per heavy atom. The van der Waals surface area contributed by atoms with Gasteiger partial charge in [-0.15, -0.1) is 0 Å². The zero-order valence-corrected chi connectivity index (χ0v) is 13.0. The van der Waals surface area contributed by atoms with Crippen molar-refractivity contribution in [2.75, 3.05) is 13.2 Å². The Balaban J connectivity index is 2.19. The Morgan fingerprint density at radius 1 is 1.56 bits per heavy atom. The summed E-state index contributed by atoms with van der Waals surface area (Å²) < 4.78 is 10.7. The SMILES string of the molecule is CCO[SiH2]CCCOC(=O)C1(C)CCCC(O)C1. The molecule has 1 saturated carbocycles. The molecule has 0 spiro atoms. The molecular formula is C13H26O4Si. The minimum atomic E-state index is -0.477. The number of hydrogen-bond donors (Lipinski definition) is 1. The van der Waals surface area contributed by atoms with E-state index in [1.807, 2.05) is 13.8 Å². The fourth-order valence-electron chi connectivity index (χ4n) is 2.43. The van der Waals surface area contributed by atoms with Gasteiger partial charge in [-0.25, -0.2) is 0 Å². The minimum absolute atomic E-state index is 0.140. The normalized spacial score (nSPS) is 28.7. The first kappa shape index (κ1) is 15.7. The third kappa shape index (κ3) is 5.08. The monoisotopic (exact) mass is 274 g/mol. The summed E-state index contributed by atoms with van der Waals surface area (Å²) in [7, 11) is -0.411. The van der Waals surface area contributed by atoms with Crippen LogP contribution >= 0.6 is 0 Å². The molecule has 5 heteroatoms. The van der Waals surface area contributed by atoms with Crippen LogP contribution in [0.25, 0.3) is 0 Å². The molecule has 0 amide bonds. The van der Waals surface area contributed by atoms with Crippen LogP contribution in [0.2, 0.25) is 6.04 Å². The highest BCUT2D eigenvalue weighted by Gasteiger charge is 2.39. The van der Waals surface area contributed by atoms with E-state index in [2.05, 4.69) is 0 Å². The van der Waals surface area contributed by atoms with Gasteiger partial charge in [0.15, 0.2) is 9.76 Å². The first-order valence-electron chi connectivity index (χ1n) is 7.01. The topological polar surface area (TPSA) is 55.8 Å². The Bertz CT molecular complexity index is 259. The van der Waals surface area contributed by atoms with E-state index in [1.54, 1.807) is 0 Å². The first-order chi connectivity index (χ1) is 8.58. The maximum atomic E-state index is 12.0. The number of ether oxygens (including phenoxy) is 1. The fourth-order valence-corrected chi connectivity index (χ4v) is 3.33. The number of carbonyl (C=O) groups is 1. The first-order valence-corrected chi connectivity index (χ1v) is 8.59. The lowest BCUT2D eigenvalue weighted by molar-refractivity contribution is -0.159. The lowest BCUT2D eigenvalue weighted by atomic mass is 9.74. The molecule has 0 aliphatic heterocycles. The van der Waals surface area contributed by atoms with Crippen LogP contribution in [-0.4, -0.2) is 40.2 Å². The van der Waals surface area contributed by atoms with Crippen LogP contribution in [0.5, 0.6) is 0 Å². The number of hydrogen-bond acceptors (Lipinski definition) is 4. The molecule has 0 aromatic carbocycles. The highest BCUT2D eigenvalue weighted by Crippen LogP contribution is 2.37. The quantitative estimate of drug-likeness (QED) is 0.433. The minimum Gasteiger partial charge on any atom is -0.465 e. The van der Waals surface area contributed by atoms with Gasteiger partial charge in [0.25, 0.3) is 0 Å². The molecule has 0 heterocycles. The van der Waals surface area contributed by atoms with Crippen molar-refractivity contribution in [3.05, 3.63) is 0 Å². The average Bonchev–Trinajstić information content (AvgIpc) is 2.33. The van der Waals surface area contributed by atoms with E-state index >= 15 is 0 Å². The highest BCUT2D eigenvalue weighted by atomic mass is 28.2. The van der Waals surface area contributed by atoms with Gasteiger partial charge in [0.2, 0.25) is 0 Å². The van der Waals surface area contributed by atoms with E-state index in [1.165, 1.54) is 0 Å². The summed E-state index contributed by atoms with van der Waals surface area (Å²) in [4.78, 5) is 12.0. The van der Waals surface area contributed by atoms with E-state index in [-0.39, 0.29) is 12.1 Å². The summed E-state index contributed by atoms with van der Waals surface area (Å²) in [6.07, 6.45) is 3.64. The summed E-state index contributed by atoms with van der Waals surface area (Å²) in [5.74, 6) is -0.140. The van der Waals surface area contributed by atoms with Crippen molar-refractivity contribution >= 4 is 15.7 Å². The van der Waals surface area contributed by atoms with Gasteiger partial charge in [-0.3, -0.25) is 4.79 Å².